The lowest BCUT2D eigenvalue weighted by Gasteiger charge is -2.31. The zero-order valence-corrected chi connectivity index (χ0v) is 27.7. The molecule has 3 aromatic carbocycles. The van der Waals surface area contributed by atoms with Gasteiger partial charge in [0.25, 0.3) is 0 Å². The first-order valence-electron chi connectivity index (χ1n) is 15.3. The highest BCUT2D eigenvalue weighted by atomic mass is 32.2. The standard InChI is InChI=1S/C35H43N5O4S/c1-23-10-13-28(14-11-23)40-32(22-31(39-40)35(3,4)5)38-34(41)37-27-9-7-8-26(21-27)33(25-16-18-36-19-17-25)45(42,43)30-20-24(2)12-15-29(30)44-6/h7-15,20-22,25,33,36H,16-19H2,1-6H3,(H2,37,38,41). The van der Waals surface area contributed by atoms with Crippen molar-refractivity contribution in [3.63, 3.8) is 0 Å². The van der Waals surface area contributed by atoms with Crippen LogP contribution in [0.4, 0.5) is 16.3 Å². The van der Waals surface area contributed by atoms with E-state index in [1.807, 2.05) is 56.3 Å². The van der Waals surface area contributed by atoms with Crippen molar-refractivity contribution in [2.24, 2.45) is 5.92 Å². The molecule has 45 heavy (non-hydrogen) atoms. The number of anilines is 2. The van der Waals surface area contributed by atoms with Crippen LogP contribution in [0.25, 0.3) is 5.69 Å². The average molecular weight is 630 g/mol. The molecule has 238 valence electrons. The Morgan fingerprint density at radius 2 is 1.64 bits per heavy atom. The van der Waals surface area contributed by atoms with E-state index in [4.69, 9.17) is 9.84 Å². The van der Waals surface area contributed by atoms with Crippen molar-refractivity contribution < 1.29 is 17.9 Å². The number of aromatic nitrogens is 2. The minimum Gasteiger partial charge on any atom is -0.495 e. The number of urea groups is 1. The van der Waals surface area contributed by atoms with Crippen molar-refractivity contribution in [3.8, 4) is 11.4 Å². The maximum atomic E-state index is 14.4. The van der Waals surface area contributed by atoms with Gasteiger partial charge < -0.3 is 15.4 Å². The van der Waals surface area contributed by atoms with Gasteiger partial charge in [0.15, 0.2) is 9.84 Å². The number of methoxy groups -OCH3 is 1. The molecular weight excluding hydrogens is 586 g/mol. The predicted molar refractivity (Wildman–Crippen MR) is 179 cm³/mol. The largest absolute Gasteiger partial charge is 0.495 e. The van der Waals surface area contributed by atoms with Crippen molar-refractivity contribution in [1.29, 1.82) is 0 Å². The summed E-state index contributed by atoms with van der Waals surface area (Å²) < 4.78 is 36.0. The Hall–Kier alpha value is -4.15. The summed E-state index contributed by atoms with van der Waals surface area (Å²) in [6.07, 6.45) is 1.44. The number of nitrogens with zero attached hydrogens (tertiary/aromatic N) is 2. The third kappa shape index (κ3) is 7.23. The molecule has 0 aliphatic carbocycles. The van der Waals surface area contributed by atoms with E-state index in [-0.39, 0.29) is 16.2 Å². The number of carbonyl (C=O) groups is 1. The number of nitrogens with one attached hydrogen (secondary N) is 3. The Labute approximate surface area is 266 Å². The minimum atomic E-state index is -3.86. The first-order chi connectivity index (χ1) is 21.4. The molecule has 0 saturated carbocycles. The summed E-state index contributed by atoms with van der Waals surface area (Å²) in [6.45, 7) is 11.6. The van der Waals surface area contributed by atoms with E-state index < -0.39 is 21.1 Å². The van der Waals surface area contributed by atoms with Gasteiger partial charge >= 0.3 is 6.03 Å². The number of piperidine rings is 1. The lowest BCUT2D eigenvalue weighted by atomic mass is 9.90. The van der Waals surface area contributed by atoms with Crippen LogP contribution in [0.3, 0.4) is 0 Å². The predicted octanol–water partition coefficient (Wildman–Crippen LogP) is 6.95. The lowest BCUT2D eigenvalue weighted by molar-refractivity contribution is 0.262. The quantitative estimate of drug-likeness (QED) is 0.194. The van der Waals surface area contributed by atoms with Crippen LogP contribution in [0.5, 0.6) is 5.75 Å². The van der Waals surface area contributed by atoms with Gasteiger partial charge in [0.2, 0.25) is 0 Å². The fourth-order valence-electron chi connectivity index (χ4n) is 5.79. The molecule has 1 saturated heterocycles. The lowest BCUT2D eigenvalue weighted by Crippen LogP contribution is -2.34. The minimum absolute atomic E-state index is 0.106. The van der Waals surface area contributed by atoms with E-state index in [0.29, 0.717) is 22.8 Å². The third-order valence-corrected chi connectivity index (χ3v) is 10.5. The van der Waals surface area contributed by atoms with E-state index in [0.717, 1.165) is 48.4 Å². The number of benzene rings is 3. The summed E-state index contributed by atoms with van der Waals surface area (Å²) in [5, 5.41) is 13.2. The first kappa shape index (κ1) is 32.2. The summed E-state index contributed by atoms with van der Waals surface area (Å²) in [5.74, 6) is 0.748. The highest BCUT2D eigenvalue weighted by molar-refractivity contribution is 7.91. The van der Waals surface area contributed by atoms with Crippen LogP contribution in [0.1, 0.15) is 61.2 Å². The van der Waals surface area contributed by atoms with Gasteiger partial charge in [0, 0.05) is 17.2 Å². The van der Waals surface area contributed by atoms with Crippen molar-refractivity contribution in [1.82, 2.24) is 15.1 Å². The second-order valence-corrected chi connectivity index (χ2v) is 14.9. The third-order valence-electron chi connectivity index (χ3n) is 8.24. The van der Waals surface area contributed by atoms with Gasteiger partial charge in [-0.05, 0) is 93.2 Å². The second kappa shape index (κ2) is 13.1. The molecule has 10 heteroatoms. The van der Waals surface area contributed by atoms with E-state index in [2.05, 4.69) is 36.7 Å². The van der Waals surface area contributed by atoms with E-state index in [1.54, 1.807) is 35.0 Å². The zero-order chi connectivity index (χ0) is 32.4. The molecule has 0 spiro atoms. The van der Waals surface area contributed by atoms with Crippen LogP contribution < -0.4 is 20.7 Å². The Kier molecular flexibility index (Phi) is 9.36. The molecule has 4 aromatic rings. The van der Waals surface area contributed by atoms with Crippen LogP contribution >= 0.6 is 0 Å². The Morgan fingerprint density at radius 1 is 0.956 bits per heavy atom. The van der Waals surface area contributed by atoms with Gasteiger partial charge in [-0.2, -0.15) is 5.10 Å². The molecule has 1 fully saturated rings. The molecule has 5 rings (SSSR count). The van der Waals surface area contributed by atoms with Crippen molar-refractivity contribution in [2.75, 3.05) is 30.8 Å². The molecule has 1 aliphatic heterocycles. The molecule has 1 atom stereocenters. The summed E-state index contributed by atoms with van der Waals surface area (Å²) >= 11 is 0. The molecule has 1 aliphatic rings. The van der Waals surface area contributed by atoms with Gasteiger partial charge in [-0.15, -0.1) is 0 Å². The summed E-state index contributed by atoms with van der Waals surface area (Å²) in [7, 11) is -2.37. The highest BCUT2D eigenvalue weighted by Crippen LogP contribution is 2.42. The Balaban J connectivity index is 1.46. The van der Waals surface area contributed by atoms with Crippen LogP contribution in [0, 0.1) is 19.8 Å². The molecular formula is C35H43N5O4S. The monoisotopic (exact) mass is 629 g/mol. The van der Waals surface area contributed by atoms with E-state index in [9.17, 15) is 13.2 Å². The van der Waals surface area contributed by atoms with Crippen molar-refractivity contribution in [2.45, 2.75) is 63.0 Å². The topological polar surface area (TPSA) is 114 Å². The van der Waals surface area contributed by atoms with Gasteiger partial charge in [-0.25, -0.2) is 17.9 Å². The van der Waals surface area contributed by atoms with Crippen LogP contribution in [-0.4, -0.2) is 44.4 Å². The number of ether oxygens (including phenoxy) is 1. The molecule has 1 aromatic heterocycles. The fraction of sp³-hybridized carbons (Fsp3) is 0.371. The number of sulfone groups is 1. The number of amides is 2. The van der Waals surface area contributed by atoms with E-state index in [1.165, 1.54) is 7.11 Å². The smallest absolute Gasteiger partial charge is 0.324 e. The number of hydrogen-bond acceptors (Lipinski definition) is 6. The van der Waals surface area contributed by atoms with Gasteiger partial charge in [-0.3, -0.25) is 5.32 Å². The normalized spacial score (nSPS) is 15.0. The summed E-state index contributed by atoms with van der Waals surface area (Å²) in [5.41, 5.74) is 4.52. The van der Waals surface area contributed by atoms with Crippen LogP contribution in [0.15, 0.2) is 77.7 Å². The van der Waals surface area contributed by atoms with Crippen molar-refractivity contribution in [3.05, 3.63) is 95.2 Å². The molecule has 1 unspecified atom stereocenters. The van der Waals surface area contributed by atoms with Crippen LogP contribution in [-0.2, 0) is 15.3 Å². The Morgan fingerprint density at radius 3 is 2.31 bits per heavy atom. The molecule has 9 nitrogen and oxygen atoms in total. The SMILES string of the molecule is COc1ccc(C)cc1S(=O)(=O)C(c1cccc(NC(=O)Nc2cc(C(C)(C)C)nn2-c2ccc(C)cc2)c1)C1CCNCC1. The van der Waals surface area contributed by atoms with Gasteiger partial charge in [0.05, 0.1) is 23.7 Å². The fourth-order valence-corrected chi connectivity index (χ4v) is 8.13. The molecule has 0 bridgehead atoms. The molecule has 3 N–H and O–H groups in total. The Bertz CT molecular complexity index is 1770. The highest BCUT2D eigenvalue weighted by Gasteiger charge is 2.38. The van der Waals surface area contributed by atoms with Crippen molar-refractivity contribution >= 4 is 27.4 Å². The summed E-state index contributed by atoms with van der Waals surface area (Å²) in [6, 6.07) is 21.7. The summed E-state index contributed by atoms with van der Waals surface area (Å²) in [4.78, 5) is 13.6. The zero-order valence-electron chi connectivity index (χ0n) is 26.8. The van der Waals surface area contributed by atoms with E-state index >= 15 is 0 Å². The maximum absolute atomic E-state index is 14.4. The molecule has 2 amide bonds. The number of hydrogen-bond donors (Lipinski definition) is 3. The maximum Gasteiger partial charge on any atom is 0.324 e. The number of aryl methyl sites for hydroxylation is 2. The van der Waals surface area contributed by atoms with Gasteiger partial charge in [-0.1, -0.05) is 56.7 Å². The number of rotatable bonds is 8. The molecule has 2 heterocycles. The average Bonchev–Trinajstić information content (AvgIpc) is 3.42. The van der Waals surface area contributed by atoms with Gasteiger partial charge in [0.1, 0.15) is 16.5 Å². The second-order valence-electron chi connectivity index (χ2n) is 12.8. The van der Waals surface area contributed by atoms with Crippen LogP contribution in [0.2, 0.25) is 0 Å². The molecule has 0 radical (unpaired) electrons. The first-order valence-corrected chi connectivity index (χ1v) is 16.9. The number of carbonyl (C=O) groups excluding carboxylic acids is 1.